The summed E-state index contributed by atoms with van der Waals surface area (Å²) in [7, 11) is 1.57. The number of amides is 3. The van der Waals surface area contributed by atoms with E-state index < -0.39 is 17.7 Å². The van der Waals surface area contributed by atoms with Gasteiger partial charge in [-0.1, -0.05) is 0 Å². The second kappa shape index (κ2) is 6.95. The highest BCUT2D eigenvalue weighted by Gasteiger charge is 2.51. The Morgan fingerprint density at radius 2 is 2.00 bits per heavy atom. The number of likely N-dealkylation sites (tertiary alicyclic amines) is 1. The van der Waals surface area contributed by atoms with Gasteiger partial charge in [0.2, 0.25) is 5.91 Å². The first-order chi connectivity index (χ1) is 11.9. The van der Waals surface area contributed by atoms with Gasteiger partial charge in [0.05, 0.1) is 11.6 Å². The van der Waals surface area contributed by atoms with Crippen LogP contribution in [0.25, 0.3) is 0 Å². The Hall–Kier alpha value is -2.22. The van der Waals surface area contributed by atoms with E-state index in [1.54, 1.807) is 7.05 Å². The van der Waals surface area contributed by atoms with Crippen molar-refractivity contribution in [1.29, 1.82) is 0 Å². The summed E-state index contributed by atoms with van der Waals surface area (Å²) in [4.78, 5) is 26.3. The van der Waals surface area contributed by atoms with Crippen LogP contribution in [-0.4, -0.2) is 50.2 Å². The van der Waals surface area contributed by atoms with Crippen molar-refractivity contribution in [3.8, 4) is 0 Å². The lowest BCUT2D eigenvalue weighted by molar-refractivity contribution is -0.129. The molecule has 0 aromatic heterocycles. The van der Waals surface area contributed by atoms with Gasteiger partial charge in [-0.25, -0.2) is 13.6 Å². The zero-order valence-corrected chi connectivity index (χ0v) is 14.0. The maximum atomic E-state index is 13.7. The van der Waals surface area contributed by atoms with Crippen LogP contribution in [0.3, 0.4) is 0 Å². The molecular weight excluding hydrogens is 332 g/mol. The van der Waals surface area contributed by atoms with Crippen LogP contribution >= 0.6 is 0 Å². The molecule has 6 nitrogen and oxygen atoms in total. The van der Waals surface area contributed by atoms with Gasteiger partial charge in [-0.05, 0) is 25.0 Å². The SMILES string of the molecule is CNC(=O)C1CN(C(=O)Nc2cc(F)ccc2F)CC12CCOCC2. The van der Waals surface area contributed by atoms with Crippen molar-refractivity contribution >= 4 is 17.6 Å². The summed E-state index contributed by atoms with van der Waals surface area (Å²) < 4.78 is 32.4. The maximum Gasteiger partial charge on any atom is 0.321 e. The van der Waals surface area contributed by atoms with Crippen LogP contribution in [0.1, 0.15) is 12.8 Å². The number of urea groups is 1. The van der Waals surface area contributed by atoms with Gasteiger partial charge in [-0.2, -0.15) is 0 Å². The van der Waals surface area contributed by atoms with Crippen LogP contribution in [0, 0.1) is 23.0 Å². The molecule has 2 N–H and O–H groups in total. The quantitative estimate of drug-likeness (QED) is 0.854. The van der Waals surface area contributed by atoms with Gasteiger partial charge in [0.15, 0.2) is 0 Å². The fraction of sp³-hybridized carbons (Fsp3) is 0.529. The molecule has 1 unspecified atom stereocenters. The Bertz CT molecular complexity index is 677. The Labute approximate surface area is 144 Å². The van der Waals surface area contributed by atoms with E-state index in [0.29, 0.717) is 32.6 Å². The van der Waals surface area contributed by atoms with E-state index in [1.165, 1.54) is 4.90 Å². The van der Waals surface area contributed by atoms with Crippen molar-refractivity contribution < 1.29 is 23.1 Å². The Morgan fingerprint density at radius 3 is 2.68 bits per heavy atom. The standard InChI is InChI=1S/C17H21F2N3O3/c1-20-15(23)12-9-22(10-17(12)4-6-25-7-5-17)16(24)21-14-8-11(18)2-3-13(14)19/h2-3,8,12H,4-7,9-10H2,1H3,(H,20,23)(H,21,24). The van der Waals surface area contributed by atoms with E-state index >= 15 is 0 Å². The fourth-order valence-corrected chi connectivity index (χ4v) is 3.73. The van der Waals surface area contributed by atoms with Gasteiger partial charge in [0.25, 0.3) is 0 Å². The lowest BCUT2D eigenvalue weighted by atomic mass is 9.72. The molecule has 1 aromatic rings. The third-order valence-corrected chi connectivity index (χ3v) is 5.16. The van der Waals surface area contributed by atoms with Crippen LogP contribution in [0.15, 0.2) is 18.2 Å². The molecule has 2 saturated heterocycles. The first-order valence-electron chi connectivity index (χ1n) is 8.25. The molecule has 3 rings (SSSR count). The molecule has 0 aliphatic carbocycles. The molecule has 2 fully saturated rings. The first kappa shape index (κ1) is 17.6. The minimum absolute atomic E-state index is 0.117. The molecule has 136 valence electrons. The number of nitrogens with one attached hydrogen (secondary N) is 2. The molecule has 0 bridgehead atoms. The topological polar surface area (TPSA) is 70.7 Å². The predicted molar refractivity (Wildman–Crippen MR) is 87.0 cm³/mol. The number of carbonyl (C=O) groups excluding carboxylic acids is 2. The number of carbonyl (C=O) groups is 2. The molecule has 2 heterocycles. The monoisotopic (exact) mass is 353 g/mol. The van der Waals surface area contributed by atoms with Gasteiger partial charge in [-0.3, -0.25) is 4.79 Å². The average molecular weight is 353 g/mol. The highest BCUT2D eigenvalue weighted by molar-refractivity contribution is 5.91. The number of rotatable bonds is 2. The third-order valence-electron chi connectivity index (χ3n) is 5.16. The summed E-state index contributed by atoms with van der Waals surface area (Å²) in [5.74, 6) is -1.81. The highest BCUT2D eigenvalue weighted by atomic mass is 19.1. The van der Waals surface area contributed by atoms with Crippen molar-refractivity contribution in [2.45, 2.75) is 12.8 Å². The van der Waals surface area contributed by atoms with Crippen LogP contribution in [-0.2, 0) is 9.53 Å². The molecule has 2 aliphatic rings. The molecule has 1 spiro atoms. The molecule has 0 radical (unpaired) electrons. The normalized spacial score (nSPS) is 22.0. The molecule has 1 aromatic carbocycles. The number of halogens is 2. The number of nitrogens with zero attached hydrogens (tertiary/aromatic N) is 1. The zero-order chi connectivity index (χ0) is 18.0. The number of hydrogen-bond acceptors (Lipinski definition) is 3. The zero-order valence-electron chi connectivity index (χ0n) is 14.0. The minimum Gasteiger partial charge on any atom is -0.381 e. The molecule has 1 atom stereocenters. The fourth-order valence-electron chi connectivity index (χ4n) is 3.73. The van der Waals surface area contributed by atoms with E-state index in [9.17, 15) is 18.4 Å². The number of anilines is 1. The van der Waals surface area contributed by atoms with E-state index in [-0.39, 0.29) is 29.5 Å². The molecular formula is C17H21F2N3O3. The first-order valence-corrected chi connectivity index (χ1v) is 8.25. The summed E-state index contributed by atoms with van der Waals surface area (Å²) in [6, 6.07) is 2.34. The van der Waals surface area contributed by atoms with Gasteiger partial charge < -0.3 is 20.3 Å². The van der Waals surface area contributed by atoms with Gasteiger partial charge in [0, 0.05) is 44.8 Å². The van der Waals surface area contributed by atoms with Crippen molar-refractivity contribution in [2.75, 3.05) is 38.7 Å². The maximum absolute atomic E-state index is 13.7. The van der Waals surface area contributed by atoms with E-state index in [1.807, 2.05) is 0 Å². The smallest absolute Gasteiger partial charge is 0.321 e. The van der Waals surface area contributed by atoms with Gasteiger partial charge in [0.1, 0.15) is 11.6 Å². The second-order valence-corrected chi connectivity index (χ2v) is 6.58. The van der Waals surface area contributed by atoms with E-state index in [2.05, 4.69) is 10.6 Å². The minimum atomic E-state index is -0.711. The summed E-state index contributed by atoms with van der Waals surface area (Å²) in [5, 5.41) is 5.06. The Kier molecular flexibility index (Phi) is 4.89. The van der Waals surface area contributed by atoms with E-state index in [4.69, 9.17) is 4.74 Å². The Balaban J connectivity index is 1.77. The van der Waals surface area contributed by atoms with Crippen molar-refractivity contribution in [2.24, 2.45) is 11.3 Å². The predicted octanol–water partition coefficient (Wildman–Crippen LogP) is 1.97. The molecule has 0 saturated carbocycles. The van der Waals surface area contributed by atoms with Crippen LogP contribution in [0.2, 0.25) is 0 Å². The van der Waals surface area contributed by atoms with Crippen molar-refractivity contribution in [3.05, 3.63) is 29.8 Å². The van der Waals surface area contributed by atoms with Crippen molar-refractivity contribution in [1.82, 2.24) is 10.2 Å². The molecule has 3 amide bonds. The lowest BCUT2D eigenvalue weighted by Crippen LogP contribution is -2.43. The van der Waals surface area contributed by atoms with E-state index in [0.717, 1.165) is 18.2 Å². The van der Waals surface area contributed by atoms with Crippen LogP contribution in [0.4, 0.5) is 19.3 Å². The Morgan fingerprint density at radius 1 is 1.28 bits per heavy atom. The molecule has 8 heteroatoms. The lowest BCUT2D eigenvalue weighted by Gasteiger charge is -2.36. The molecule has 2 aliphatic heterocycles. The summed E-state index contributed by atoms with van der Waals surface area (Å²) in [6.45, 7) is 1.71. The average Bonchev–Trinajstić information content (AvgIpc) is 2.97. The summed E-state index contributed by atoms with van der Waals surface area (Å²) in [5.41, 5.74) is -0.551. The summed E-state index contributed by atoms with van der Waals surface area (Å²) >= 11 is 0. The second-order valence-electron chi connectivity index (χ2n) is 6.58. The van der Waals surface area contributed by atoms with Gasteiger partial charge >= 0.3 is 6.03 Å². The van der Waals surface area contributed by atoms with Gasteiger partial charge in [-0.15, -0.1) is 0 Å². The van der Waals surface area contributed by atoms with Crippen LogP contribution in [0.5, 0.6) is 0 Å². The van der Waals surface area contributed by atoms with Crippen LogP contribution < -0.4 is 10.6 Å². The third kappa shape index (κ3) is 3.44. The number of hydrogen-bond donors (Lipinski definition) is 2. The largest absolute Gasteiger partial charge is 0.381 e. The number of ether oxygens (including phenoxy) is 1. The number of benzene rings is 1. The molecule has 25 heavy (non-hydrogen) atoms. The van der Waals surface area contributed by atoms with Crippen molar-refractivity contribution in [3.63, 3.8) is 0 Å². The summed E-state index contributed by atoms with van der Waals surface area (Å²) in [6.07, 6.45) is 1.37. The highest BCUT2D eigenvalue weighted by Crippen LogP contribution is 2.44.